The molecule has 5 rings (SSSR count). The van der Waals surface area contributed by atoms with E-state index in [1.165, 1.54) is 4.88 Å². The van der Waals surface area contributed by atoms with Crippen LogP contribution in [0.3, 0.4) is 0 Å². The summed E-state index contributed by atoms with van der Waals surface area (Å²) >= 11 is 1.67. The van der Waals surface area contributed by atoms with Crippen molar-refractivity contribution in [1.29, 1.82) is 0 Å². The lowest BCUT2D eigenvalue weighted by atomic mass is 10.0. The Balaban J connectivity index is 1.17. The molecule has 9 heteroatoms. The Morgan fingerprint density at radius 3 is 2.54 bits per heavy atom. The minimum absolute atomic E-state index is 0.0206. The molecule has 0 spiro atoms. The molecule has 3 N–H and O–H groups in total. The van der Waals surface area contributed by atoms with Crippen molar-refractivity contribution in [2.45, 2.75) is 25.4 Å². The van der Waals surface area contributed by atoms with Gasteiger partial charge < -0.3 is 25.3 Å². The second-order valence-corrected chi connectivity index (χ2v) is 10.8. The molecular weight excluding hydrogens is 510 g/mol. The number of aromatic nitrogens is 1. The van der Waals surface area contributed by atoms with Gasteiger partial charge in [-0.05, 0) is 48.6 Å². The highest BCUT2D eigenvalue weighted by molar-refractivity contribution is 7.10. The minimum atomic E-state index is -0.604. The number of hydrogen-bond acceptors (Lipinski definition) is 6. The number of carbonyl (C=O) groups is 2. The third kappa shape index (κ3) is 6.10. The van der Waals surface area contributed by atoms with Gasteiger partial charge in [0.2, 0.25) is 0 Å². The summed E-state index contributed by atoms with van der Waals surface area (Å²) in [6, 6.07) is 20.0. The zero-order valence-corrected chi connectivity index (χ0v) is 23.2. The molecule has 1 saturated heterocycles. The maximum Gasteiger partial charge on any atom is 0.309 e. The first-order valence-electron chi connectivity index (χ1n) is 13.3. The van der Waals surface area contributed by atoms with Crippen molar-refractivity contribution in [2.75, 3.05) is 44.7 Å². The van der Waals surface area contributed by atoms with Gasteiger partial charge in [-0.15, -0.1) is 11.3 Å². The van der Waals surface area contributed by atoms with Crippen molar-refractivity contribution in [3.05, 3.63) is 82.7 Å². The number of para-hydroxylation sites is 3. The highest BCUT2D eigenvalue weighted by Gasteiger charge is 2.32. The second kappa shape index (κ2) is 12.4. The van der Waals surface area contributed by atoms with Crippen LogP contribution in [-0.4, -0.2) is 67.6 Å². The number of fused-ring (bicyclic) bond motifs is 1. The lowest BCUT2D eigenvalue weighted by molar-refractivity contribution is -0.139. The molecule has 2 aromatic carbocycles. The van der Waals surface area contributed by atoms with Crippen molar-refractivity contribution in [3.8, 4) is 5.75 Å². The molecule has 39 heavy (non-hydrogen) atoms. The summed E-state index contributed by atoms with van der Waals surface area (Å²) in [6.07, 6.45) is 2.60. The van der Waals surface area contributed by atoms with Crippen molar-refractivity contribution in [3.63, 3.8) is 0 Å². The second-order valence-electron chi connectivity index (χ2n) is 9.78. The standard InChI is InChI=1S/C30H35N5O3S/c1-21(33-30(37)29(36)31-14-13-22-20-32-24-9-4-3-8-23(22)24)28(27-12-7-19-39-27)35-17-15-34(16-18-35)25-10-5-6-11-26(25)38-2/h3-12,19-21,28,32H,13-18H2,1-2H3,(H,31,36)(H,33,37). The summed E-state index contributed by atoms with van der Waals surface area (Å²) in [6.45, 7) is 5.72. The van der Waals surface area contributed by atoms with E-state index >= 15 is 0 Å². The quantitative estimate of drug-likeness (QED) is 0.277. The smallest absolute Gasteiger partial charge is 0.309 e. The van der Waals surface area contributed by atoms with Crippen LogP contribution in [0.5, 0.6) is 5.75 Å². The summed E-state index contributed by atoms with van der Waals surface area (Å²) in [5.41, 5.74) is 3.27. The molecule has 0 radical (unpaired) electrons. The summed E-state index contributed by atoms with van der Waals surface area (Å²) in [7, 11) is 1.70. The van der Waals surface area contributed by atoms with Gasteiger partial charge in [0.05, 0.1) is 18.8 Å². The molecule has 1 aliphatic heterocycles. The van der Waals surface area contributed by atoms with Crippen molar-refractivity contribution < 1.29 is 14.3 Å². The van der Waals surface area contributed by atoms with Gasteiger partial charge in [-0.2, -0.15) is 0 Å². The lowest BCUT2D eigenvalue weighted by Crippen LogP contribution is -2.53. The van der Waals surface area contributed by atoms with E-state index in [-0.39, 0.29) is 12.1 Å². The topological polar surface area (TPSA) is 89.7 Å². The highest BCUT2D eigenvalue weighted by Crippen LogP contribution is 2.32. The molecule has 2 unspecified atom stereocenters. The van der Waals surface area contributed by atoms with Crippen LogP contribution in [0.4, 0.5) is 5.69 Å². The van der Waals surface area contributed by atoms with Crippen LogP contribution in [-0.2, 0) is 16.0 Å². The Hall–Kier alpha value is -3.82. The van der Waals surface area contributed by atoms with Gasteiger partial charge in [0, 0.05) is 60.7 Å². The SMILES string of the molecule is COc1ccccc1N1CCN(C(c2cccs2)C(C)NC(=O)C(=O)NCCc2c[nH]c3ccccc23)CC1. The molecule has 2 aromatic heterocycles. The predicted molar refractivity (Wildman–Crippen MR) is 156 cm³/mol. The molecule has 4 aromatic rings. The number of anilines is 1. The number of methoxy groups -OCH3 is 1. The van der Waals surface area contributed by atoms with Crippen molar-refractivity contribution in [2.24, 2.45) is 0 Å². The fourth-order valence-corrected chi connectivity index (χ4v) is 6.38. The maximum absolute atomic E-state index is 12.9. The first kappa shape index (κ1) is 26.8. The van der Waals surface area contributed by atoms with Gasteiger partial charge in [-0.1, -0.05) is 36.4 Å². The number of nitrogens with one attached hydrogen (secondary N) is 3. The molecule has 0 saturated carbocycles. The maximum atomic E-state index is 12.9. The van der Waals surface area contributed by atoms with Gasteiger partial charge in [-0.25, -0.2) is 0 Å². The van der Waals surface area contributed by atoms with Crippen LogP contribution in [0.25, 0.3) is 10.9 Å². The number of nitrogens with zero attached hydrogens (tertiary/aromatic N) is 2. The molecule has 204 valence electrons. The minimum Gasteiger partial charge on any atom is -0.495 e. The van der Waals surface area contributed by atoms with E-state index in [1.54, 1.807) is 18.4 Å². The number of thiophene rings is 1. The number of benzene rings is 2. The number of carbonyl (C=O) groups excluding carboxylic acids is 2. The fourth-order valence-electron chi connectivity index (χ4n) is 5.41. The zero-order chi connectivity index (χ0) is 27.2. The number of ether oxygens (including phenoxy) is 1. The van der Waals surface area contributed by atoms with Crippen LogP contribution < -0.4 is 20.3 Å². The Morgan fingerprint density at radius 2 is 1.77 bits per heavy atom. The van der Waals surface area contributed by atoms with E-state index in [4.69, 9.17) is 4.74 Å². The Bertz CT molecular complexity index is 1390. The van der Waals surface area contributed by atoms with E-state index in [2.05, 4.69) is 49.0 Å². The summed E-state index contributed by atoms with van der Waals surface area (Å²) in [5.74, 6) is -0.333. The van der Waals surface area contributed by atoms with E-state index in [0.717, 1.165) is 54.1 Å². The van der Waals surface area contributed by atoms with Crippen LogP contribution in [0.1, 0.15) is 23.4 Å². The largest absolute Gasteiger partial charge is 0.495 e. The molecule has 1 aliphatic rings. The van der Waals surface area contributed by atoms with Gasteiger partial charge in [0.25, 0.3) is 0 Å². The number of aromatic amines is 1. The Labute approximate surface area is 233 Å². The van der Waals surface area contributed by atoms with Crippen LogP contribution in [0.15, 0.2) is 72.2 Å². The summed E-state index contributed by atoms with van der Waals surface area (Å²) < 4.78 is 5.56. The number of rotatable bonds is 9. The third-order valence-corrected chi connectivity index (χ3v) is 8.30. The molecule has 0 aliphatic carbocycles. The Morgan fingerprint density at radius 1 is 1.00 bits per heavy atom. The monoisotopic (exact) mass is 545 g/mol. The first-order valence-corrected chi connectivity index (χ1v) is 14.2. The molecule has 3 heterocycles. The highest BCUT2D eigenvalue weighted by atomic mass is 32.1. The Kier molecular flexibility index (Phi) is 8.48. The van der Waals surface area contributed by atoms with Gasteiger partial charge >= 0.3 is 11.8 Å². The number of hydrogen-bond donors (Lipinski definition) is 3. The predicted octanol–water partition coefficient (Wildman–Crippen LogP) is 3.96. The number of H-pyrrole nitrogens is 1. The van der Waals surface area contributed by atoms with E-state index in [9.17, 15) is 9.59 Å². The normalized spacial score (nSPS) is 15.6. The van der Waals surface area contributed by atoms with Crippen molar-refractivity contribution >= 4 is 39.7 Å². The number of amides is 2. The first-order chi connectivity index (χ1) is 19.0. The average Bonchev–Trinajstić information content (AvgIpc) is 3.64. The fraction of sp³-hybridized carbons (Fsp3) is 0.333. The summed E-state index contributed by atoms with van der Waals surface area (Å²) in [4.78, 5) is 34.7. The van der Waals surface area contributed by atoms with E-state index in [0.29, 0.717) is 13.0 Å². The summed E-state index contributed by atoms with van der Waals surface area (Å²) in [5, 5.41) is 8.95. The van der Waals surface area contributed by atoms with Crippen LogP contribution in [0, 0.1) is 0 Å². The van der Waals surface area contributed by atoms with Gasteiger partial charge in [0.1, 0.15) is 5.75 Å². The molecule has 1 fully saturated rings. The number of piperazine rings is 1. The zero-order valence-electron chi connectivity index (χ0n) is 22.4. The van der Waals surface area contributed by atoms with E-state index in [1.807, 2.05) is 55.6 Å². The van der Waals surface area contributed by atoms with Crippen molar-refractivity contribution in [1.82, 2.24) is 20.5 Å². The molecule has 2 amide bonds. The van der Waals surface area contributed by atoms with Gasteiger partial charge in [-0.3, -0.25) is 14.5 Å². The molecular formula is C30H35N5O3S. The average molecular weight is 546 g/mol. The third-order valence-electron chi connectivity index (χ3n) is 7.36. The lowest BCUT2D eigenvalue weighted by Gasteiger charge is -2.42. The molecule has 0 bridgehead atoms. The molecule has 8 nitrogen and oxygen atoms in total. The molecule has 2 atom stereocenters. The van der Waals surface area contributed by atoms with Crippen LogP contribution in [0.2, 0.25) is 0 Å². The van der Waals surface area contributed by atoms with E-state index < -0.39 is 11.8 Å². The van der Waals surface area contributed by atoms with Crippen LogP contribution >= 0.6 is 11.3 Å². The van der Waals surface area contributed by atoms with Gasteiger partial charge in [0.15, 0.2) is 0 Å².